The van der Waals surface area contributed by atoms with E-state index in [0.717, 1.165) is 12.8 Å². The van der Waals surface area contributed by atoms with Crippen molar-refractivity contribution < 1.29 is 29.0 Å². The molecule has 0 aliphatic heterocycles. The maximum Gasteiger partial charge on any atom is 0.410 e. The molecule has 7 heteroatoms. The molecule has 0 aromatic carbocycles. The molecule has 0 radical (unpaired) electrons. The number of esters is 1. The minimum atomic E-state index is -0.993. The molecule has 1 saturated carbocycles. The highest BCUT2D eigenvalue weighted by molar-refractivity contribution is 5.72. The van der Waals surface area contributed by atoms with Crippen LogP contribution in [0.4, 0.5) is 4.79 Å². The van der Waals surface area contributed by atoms with Crippen molar-refractivity contribution >= 4 is 18.0 Å². The van der Waals surface area contributed by atoms with Gasteiger partial charge in [-0.3, -0.25) is 9.59 Å². The molecule has 7 nitrogen and oxygen atoms in total. The molecule has 1 fully saturated rings. The molecule has 140 valence electrons. The number of ether oxygens (including phenoxy) is 2. The highest BCUT2D eigenvalue weighted by atomic mass is 16.7. The highest BCUT2D eigenvalue weighted by Crippen LogP contribution is 2.59. The Labute approximate surface area is 147 Å². The van der Waals surface area contributed by atoms with E-state index in [1.54, 1.807) is 13.8 Å². The monoisotopic (exact) mass is 353 g/mol. The first kappa shape index (κ1) is 19.3. The number of aliphatic carboxylic acids is 1. The van der Waals surface area contributed by atoms with Crippen molar-refractivity contribution in [3.8, 4) is 0 Å². The Kier molecular flexibility index (Phi) is 5.75. The fraction of sp³-hybridized carbons (Fsp3) is 0.722. The third-order valence-corrected chi connectivity index (χ3v) is 5.05. The molecule has 2 aliphatic carbocycles. The summed E-state index contributed by atoms with van der Waals surface area (Å²) in [6.45, 7) is 7.13. The van der Waals surface area contributed by atoms with Gasteiger partial charge in [0, 0.05) is 18.9 Å². The average molecular weight is 353 g/mol. The zero-order chi connectivity index (χ0) is 18.8. The van der Waals surface area contributed by atoms with Crippen molar-refractivity contribution in [1.29, 1.82) is 0 Å². The van der Waals surface area contributed by atoms with Crippen LogP contribution in [0.3, 0.4) is 0 Å². The first-order valence-electron chi connectivity index (χ1n) is 8.67. The third kappa shape index (κ3) is 4.52. The third-order valence-electron chi connectivity index (χ3n) is 5.05. The smallest absolute Gasteiger partial charge is 0.410 e. The second-order valence-corrected chi connectivity index (χ2v) is 7.56. The molecule has 2 aliphatic rings. The van der Waals surface area contributed by atoms with Gasteiger partial charge in [-0.2, -0.15) is 0 Å². The highest BCUT2D eigenvalue weighted by Gasteiger charge is 2.55. The molecule has 0 bridgehead atoms. The molecule has 0 heterocycles. The Morgan fingerprint density at radius 2 is 2.00 bits per heavy atom. The van der Waals surface area contributed by atoms with Crippen LogP contribution in [0.15, 0.2) is 11.6 Å². The molecular weight excluding hydrogens is 326 g/mol. The van der Waals surface area contributed by atoms with Crippen molar-refractivity contribution in [3.05, 3.63) is 11.6 Å². The van der Waals surface area contributed by atoms with Gasteiger partial charge in [0.25, 0.3) is 0 Å². The fourth-order valence-electron chi connectivity index (χ4n) is 3.93. The number of fused-ring (bicyclic) bond motifs is 1. The van der Waals surface area contributed by atoms with Crippen LogP contribution in [0, 0.1) is 23.2 Å². The number of carbonyl (C=O) groups excluding carboxylic acids is 2. The molecule has 2 N–H and O–H groups in total. The predicted molar refractivity (Wildman–Crippen MR) is 89.5 cm³/mol. The van der Waals surface area contributed by atoms with E-state index in [4.69, 9.17) is 9.47 Å². The van der Waals surface area contributed by atoms with Gasteiger partial charge in [0.1, 0.15) is 0 Å². The zero-order valence-electron chi connectivity index (χ0n) is 15.2. The van der Waals surface area contributed by atoms with Crippen LogP contribution >= 0.6 is 0 Å². The minimum Gasteiger partial charge on any atom is -0.481 e. The Hall–Kier alpha value is -2.05. The van der Waals surface area contributed by atoms with E-state index < -0.39 is 29.7 Å². The number of hydrogen-bond donors (Lipinski definition) is 2. The van der Waals surface area contributed by atoms with Crippen LogP contribution in [0.2, 0.25) is 0 Å². The summed E-state index contributed by atoms with van der Waals surface area (Å²) in [6.07, 6.45) is 2.21. The Morgan fingerprint density at radius 3 is 2.56 bits per heavy atom. The average Bonchev–Trinajstić information content (AvgIpc) is 2.79. The second-order valence-electron chi connectivity index (χ2n) is 7.56. The molecule has 2 rings (SSSR count). The van der Waals surface area contributed by atoms with Crippen LogP contribution in [-0.4, -0.2) is 36.0 Å². The Morgan fingerprint density at radius 1 is 1.32 bits per heavy atom. The van der Waals surface area contributed by atoms with Crippen LogP contribution in [0.5, 0.6) is 0 Å². The van der Waals surface area contributed by atoms with Gasteiger partial charge in [0.15, 0.2) is 0 Å². The summed E-state index contributed by atoms with van der Waals surface area (Å²) in [5, 5.41) is 11.9. The summed E-state index contributed by atoms with van der Waals surface area (Å²) >= 11 is 0. The van der Waals surface area contributed by atoms with Crippen LogP contribution in [0.1, 0.15) is 47.0 Å². The summed E-state index contributed by atoms with van der Waals surface area (Å²) in [5.41, 5.74) is 0.810. The molecule has 25 heavy (non-hydrogen) atoms. The van der Waals surface area contributed by atoms with Crippen molar-refractivity contribution in [3.63, 3.8) is 0 Å². The molecule has 0 unspecified atom stereocenters. The van der Waals surface area contributed by atoms with Gasteiger partial charge in [-0.05, 0) is 31.6 Å². The van der Waals surface area contributed by atoms with Crippen LogP contribution < -0.4 is 5.32 Å². The maximum absolute atomic E-state index is 11.9. The van der Waals surface area contributed by atoms with E-state index in [1.807, 2.05) is 0 Å². The zero-order valence-corrected chi connectivity index (χ0v) is 15.2. The lowest BCUT2D eigenvalue weighted by molar-refractivity contribution is -0.169. The van der Waals surface area contributed by atoms with E-state index >= 15 is 0 Å². The van der Waals surface area contributed by atoms with E-state index in [1.165, 1.54) is 12.5 Å². The first-order chi connectivity index (χ1) is 11.6. The van der Waals surface area contributed by atoms with E-state index in [2.05, 4.69) is 18.3 Å². The fourth-order valence-corrected chi connectivity index (χ4v) is 3.93. The summed E-state index contributed by atoms with van der Waals surface area (Å²) < 4.78 is 9.99. The molecular formula is C18H27NO6. The maximum atomic E-state index is 11.9. The van der Waals surface area contributed by atoms with E-state index in [0.29, 0.717) is 5.92 Å². The van der Waals surface area contributed by atoms with Crippen molar-refractivity contribution in [2.75, 3.05) is 6.54 Å². The summed E-state index contributed by atoms with van der Waals surface area (Å²) in [7, 11) is 0. The number of hydrogen-bond acceptors (Lipinski definition) is 5. The number of alkyl carbamates (subject to hydrolysis) is 1. The lowest BCUT2D eigenvalue weighted by Crippen LogP contribution is -2.53. The number of nitrogens with one attached hydrogen (secondary N) is 1. The predicted octanol–water partition coefficient (Wildman–Crippen LogP) is 2.71. The number of carboxylic acid groups (broad SMARTS) is 1. The van der Waals surface area contributed by atoms with Crippen molar-refractivity contribution in [1.82, 2.24) is 5.32 Å². The van der Waals surface area contributed by atoms with Gasteiger partial charge < -0.3 is 19.9 Å². The molecule has 0 saturated heterocycles. The van der Waals surface area contributed by atoms with Gasteiger partial charge in [-0.25, -0.2) is 4.79 Å². The molecule has 0 spiro atoms. The van der Waals surface area contributed by atoms with E-state index in [9.17, 15) is 19.5 Å². The van der Waals surface area contributed by atoms with Crippen molar-refractivity contribution in [2.45, 2.75) is 53.2 Å². The van der Waals surface area contributed by atoms with E-state index in [-0.39, 0.29) is 24.8 Å². The number of carboxylic acids is 1. The lowest BCUT2D eigenvalue weighted by atomic mass is 9.53. The largest absolute Gasteiger partial charge is 0.481 e. The van der Waals surface area contributed by atoms with Gasteiger partial charge in [0.05, 0.1) is 12.3 Å². The normalized spacial score (nSPS) is 28.4. The van der Waals surface area contributed by atoms with Gasteiger partial charge in [-0.1, -0.05) is 25.5 Å². The summed E-state index contributed by atoms with van der Waals surface area (Å²) in [6, 6.07) is 0. The first-order valence-corrected chi connectivity index (χ1v) is 8.67. The molecule has 0 aromatic heterocycles. The molecule has 4 atom stereocenters. The van der Waals surface area contributed by atoms with Crippen molar-refractivity contribution in [2.24, 2.45) is 23.2 Å². The summed E-state index contributed by atoms with van der Waals surface area (Å²) in [4.78, 5) is 34.7. The lowest BCUT2D eigenvalue weighted by Gasteiger charge is -2.51. The molecule has 0 aromatic rings. The second kappa shape index (κ2) is 7.45. The van der Waals surface area contributed by atoms with Gasteiger partial charge >= 0.3 is 18.0 Å². The number of carbonyl (C=O) groups is 3. The standard InChI is InChI=1S/C18H27NO6/c1-10(2)16(22)24-12(4)25-17(23)19-9-18(8-15(20)21)7-13-5-11(3)6-14(13)18/h6,10,12-14H,5,7-9H2,1-4H3,(H,19,23)(H,20,21)/t12-,13-,14+,18+/m0/s1. The van der Waals surface area contributed by atoms with Crippen LogP contribution in [-0.2, 0) is 19.1 Å². The number of amides is 1. The van der Waals surface area contributed by atoms with Gasteiger partial charge in [-0.15, -0.1) is 0 Å². The van der Waals surface area contributed by atoms with Crippen LogP contribution in [0.25, 0.3) is 0 Å². The Bertz CT molecular complexity index is 584. The Balaban J connectivity index is 1.88. The SMILES string of the molecule is CC1=C[C@@H]2[C@@H](C1)C[C@]2(CNC(=O)O[C@@H](C)OC(=O)C(C)C)CC(=O)O. The summed E-state index contributed by atoms with van der Waals surface area (Å²) in [5.74, 6) is -0.970. The number of rotatable bonds is 7. The minimum absolute atomic E-state index is 0.0100. The quantitative estimate of drug-likeness (QED) is 0.414. The molecule has 1 amide bonds. The topological polar surface area (TPSA) is 102 Å². The van der Waals surface area contributed by atoms with Gasteiger partial charge in [0.2, 0.25) is 6.29 Å². The number of allylic oxidation sites excluding steroid dienone is 2.